The highest BCUT2D eigenvalue weighted by Gasteiger charge is 2.16. The lowest BCUT2D eigenvalue weighted by Gasteiger charge is -2.24. The van der Waals surface area contributed by atoms with Gasteiger partial charge in [-0.3, -0.25) is 0 Å². The molecule has 0 spiro atoms. The summed E-state index contributed by atoms with van der Waals surface area (Å²) >= 11 is 1.75. The third-order valence-electron chi connectivity index (χ3n) is 3.67. The van der Waals surface area contributed by atoms with E-state index in [-0.39, 0.29) is 0 Å². The Kier molecular flexibility index (Phi) is 4.99. The van der Waals surface area contributed by atoms with Gasteiger partial charge in [-0.1, -0.05) is 32.1 Å². The first kappa shape index (κ1) is 13.0. The summed E-state index contributed by atoms with van der Waals surface area (Å²) in [7, 11) is 0. The van der Waals surface area contributed by atoms with Crippen LogP contribution in [-0.2, 0) is 0 Å². The van der Waals surface area contributed by atoms with Crippen molar-refractivity contribution in [3.05, 3.63) is 16.1 Å². The van der Waals surface area contributed by atoms with Crippen molar-refractivity contribution < 1.29 is 0 Å². The van der Waals surface area contributed by atoms with Crippen molar-refractivity contribution in [3.8, 4) is 0 Å². The predicted octanol–water partition coefficient (Wildman–Crippen LogP) is 4.22. The van der Waals surface area contributed by atoms with Crippen molar-refractivity contribution in [3.63, 3.8) is 0 Å². The average molecular weight is 252 g/mol. The van der Waals surface area contributed by atoms with Gasteiger partial charge in [0.2, 0.25) is 0 Å². The third kappa shape index (κ3) is 4.07. The first-order valence-electron chi connectivity index (χ1n) is 6.94. The minimum absolute atomic E-state index is 0.407. The van der Waals surface area contributed by atoms with Crippen LogP contribution in [0.5, 0.6) is 0 Å². The van der Waals surface area contributed by atoms with Gasteiger partial charge in [0.25, 0.3) is 0 Å². The van der Waals surface area contributed by atoms with E-state index in [9.17, 15) is 0 Å². The second kappa shape index (κ2) is 6.50. The van der Waals surface area contributed by atoms with Crippen LogP contribution >= 0.6 is 11.3 Å². The number of nitrogens with one attached hydrogen (secondary N) is 1. The van der Waals surface area contributed by atoms with Crippen molar-refractivity contribution in [2.75, 3.05) is 0 Å². The molecular weight excluding hydrogens is 228 g/mol. The van der Waals surface area contributed by atoms with E-state index in [2.05, 4.69) is 29.5 Å². The zero-order chi connectivity index (χ0) is 12.1. The summed E-state index contributed by atoms with van der Waals surface area (Å²) in [6.45, 7) is 4.32. The van der Waals surface area contributed by atoms with E-state index in [4.69, 9.17) is 0 Å². The summed E-state index contributed by atoms with van der Waals surface area (Å²) < 4.78 is 0. The molecule has 0 aliphatic heterocycles. The summed E-state index contributed by atoms with van der Waals surface area (Å²) in [4.78, 5) is 4.57. The smallest absolute Gasteiger partial charge is 0.0898 e. The Balaban J connectivity index is 1.85. The van der Waals surface area contributed by atoms with Gasteiger partial charge in [-0.2, -0.15) is 0 Å². The minimum Gasteiger partial charge on any atom is -0.306 e. The topological polar surface area (TPSA) is 24.9 Å². The molecule has 1 aliphatic rings. The molecule has 2 rings (SSSR count). The van der Waals surface area contributed by atoms with Gasteiger partial charge in [0, 0.05) is 17.5 Å². The maximum absolute atomic E-state index is 4.57. The number of rotatable bonds is 3. The van der Waals surface area contributed by atoms with Crippen LogP contribution in [0.15, 0.2) is 5.38 Å². The van der Waals surface area contributed by atoms with Crippen LogP contribution in [0.3, 0.4) is 0 Å². The zero-order valence-corrected chi connectivity index (χ0v) is 11.9. The number of aromatic nitrogens is 1. The van der Waals surface area contributed by atoms with E-state index in [1.54, 1.807) is 11.3 Å². The quantitative estimate of drug-likeness (QED) is 0.871. The number of hydrogen-bond acceptors (Lipinski definition) is 3. The highest BCUT2D eigenvalue weighted by molar-refractivity contribution is 7.09. The summed E-state index contributed by atoms with van der Waals surface area (Å²) in [6.07, 6.45) is 9.74. The summed E-state index contributed by atoms with van der Waals surface area (Å²) in [5.74, 6) is 0. The Morgan fingerprint density at radius 3 is 2.47 bits per heavy atom. The average Bonchev–Trinajstić information content (AvgIpc) is 2.68. The molecule has 0 bridgehead atoms. The molecule has 1 unspecified atom stereocenters. The van der Waals surface area contributed by atoms with Crippen molar-refractivity contribution in [2.24, 2.45) is 0 Å². The first-order valence-corrected chi connectivity index (χ1v) is 7.82. The molecule has 0 amide bonds. The zero-order valence-electron chi connectivity index (χ0n) is 11.0. The lowest BCUT2D eigenvalue weighted by atomic mass is 9.96. The molecule has 0 saturated heterocycles. The van der Waals surface area contributed by atoms with Crippen molar-refractivity contribution >= 4 is 11.3 Å². The molecule has 1 saturated carbocycles. The molecule has 1 aliphatic carbocycles. The maximum Gasteiger partial charge on any atom is 0.0898 e. The van der Waals surface area contributed by atoms with E-state index in [1.165, 1.54) is 55.6 Å². The van der Waals surface area contributed by atoms with Gasteiger partial charge in [0.15, 0.2) is 0 Å². The van der Waals surface area contributed by atoms with Crippen LogP contribution < -0.4 is 5.32 Å². The number of aryl methyl sites for hydroxylation is 1. The molecule has 96 valence electrons. The predicted molar refractivity (Wildman–Crippen MR) is 74.5 cm³/mol. The second-order valence-corrected chi connectivity index (χ2v) is 6.28. The number of thiazole rings is 1. The lowest BCUT2D eigenvalue weighted by molar-refractivity contribution is 0.360. The molecule has 17 heavy (non-hydrogen) atoms. The van der Waals surface area contributed by atoms with E-state index < -0.39 is 0 Å². The summed E-state index contributed by atoms with van der Waals surface area (Å²) in [5, 5.41) is 7.12. The highest BCUT2D eigenvalue weighted by atomic mass is 32.1. The molecular formula is C14H24N2S. The molecule has 1 atom stereocenters. The van der Waals surface area contributed by atoms with Gasteiger partial charge < -0.3 is 5.32 Å². The first-order chi connectivity index (χ1) is 8.25. The van der Waals surface area contributed by atoms with Gasteiger partial charge >= 0.3 is 0 Å². The maximum atomic E-state index is 4.57. The van der Waals surface area contributed by atoms with Crippen molar-refractivity contribution in [1.82, 2.24) is 10.3 Å². The van der Waals surface area contributed by atoms with Crippen LogP contribution in [0.2, 0.25) is 0 Å². The van der Waals surface area contributed by atoms with E-state index in [0.717, 1.165) is 0 Å². The van der Waals surface area contributed by atoms with E-state index >= 15 is 0 Å². The van der Waals surface area contributed by atoms with Gasteiger partial charge in [-0.25, -0.2) is 4.98 Å². The standard InChI is InChI=1S/C14H24N2S/c1-11(14-10-17-12(2)16-14)15-13-8-6-4-3-5-7-9-13/h10-11,13,15H,3-9H2,1-2H3. The van der Waals surface area contributed by atoms with Crippen LogP contribution in [0.4, 0.5) is 0 Å². The fourth-order valence-corrected chi connectivity index (χ4v) is 3.35. The van der Waals surface area contributed by atoms with Gasteiger partial charge in [0.1, 0.15) is 0 Å². The molecule has 0 aromatic carbocycles. The van der Waals surface area contributed by atoms with Crippen LogP contribution in [0.25, 0.3) is 0 Å². The van der Waals surface area contributed by atoms with Gasteiger partial charge in [-0.05, 0) is 26.7 Å². The third-order valence-corrected chi connectivity index (χ3v) is 4.46. The Labute approximate surface area is 109 Å². The normalized spacial score (nSPS) is 20.8. The molecule has 1 fully saturated rings. The fraction of sp³-hybridized carbons (Fsp3) is 0.786. The molecule has 3 heteroatoms. The fourth-order valence-electron chi connectivity index (χ4n) is 2.64. The van der Waals surface area contributed by atoms with E-state index in [1.807, 2.05) is 0 Å². The minimum atomic E-state index is 0.407. The van der Waals surface area contributed by atoms with Crippen molar-refractivity contribution in [2.45, 2.75) is 70.9 Å². The molecule has 1 aromatic rings. The summed E-state index contributed by atoms with van der Waals surface area (Å²) in [5.41, 5.74) is 1.22. The SMILES string of the molecule is Cc1nc(C(C)NC2CCCCCCC2)cs1. The van der Waals surface area contributed by atoms with Crippen LogP contribution in [-0.4, -0.2) is 11.0 Å². The Morgan fingerprint density at radius 2 is 1.88 bits per heavy atom. The molecule has 1 heterocycles. The second-order valence-electron chi connectivity index (χ2n) is 5.22. The van der Waals surface area contributed by atoms with Gasteiger partial charge in [0.05, 0.1) is 10.7 Å². The monoisotopic (exact) mass is 252 g/mol. The van der Waals surface area contributed by atoms with Crippen LogP contribution in [0, 0.1) is 6.92 Å². The summed E-state index contributed by atoms with van der Waals surface area (Å²) in [6, 6.07) is 1.11. The highest BCUT2D eigenvalue weighted by Crippen LogP contribution is 2.21. The Bertz CT molecular complexity index is 327. The number of nitrogens with zero attached hydrogens (tertiary/aromatic N) is 1. The Hall–Kier alpha value is -0.410. The lowest BCUT2D eigenvalue weighted by Crippen LogP contribution is -2.32. The van der Waals surface area contributed by atoms with Gasteiger partial charge in [-0.15, -0.1) is 11.3 Å². The van der Waals surface area contributed by atoms with Crippen LogP contribution in [0.1, 0.15) is 68.6 Å². The molecule has 0 radical (unpaired) electrons. The molecule has 1 N–H and O–H groups in total. The molecule has 1 aromatic heterocycles. The largest absolute Gasteiger partial charge is 0.306 e. The van der Waals surface area contributed by atoms with E-state index in [0.29, 0.717) is 12.1 Å². The van der Waals surface area contributed by atoms with Crippen molar-refractivity contribution in [1.29, 1.82) is 0 Å². The molecule has 2 nitrogen and oxygen atoms in total. The number of hydrogen-bond donors (Lipinski definition) is 1. The Morgan fingerprint density at radius 1 is 1.24 bits per heavy atom.